The summed E-state index contributed by atoms with van der Waals surface area (Å²) >= 11 is 0. The predicted octanol–water partition coefficient (Wildman–Crippen LogP) is -13.2. The first-order chi connectivity index (χ1) is 2.00. The van der Waals surface area contributed by atoms with Crippen molar-refractivity contribution in [2.24, 2.45) is 0 Å². The Morgan fingerprint density at radius 3 is 1.00 bits per heavy atom. The summed E-state index contributed by atoms with van der Waals surface area (Å²) in [6.07, 6.45) is 0. The Morgan fingerprint density at radius 1 is 1.00 bits per heavy atom. The van der Waals surface area contributed by atoms with Crippen molar-refractivity contribution in [1.82, 2.24) is 0 Å². The first kappa shape index (κ1) is 29.2. The van der Waals surface area contributed by atoms with E-state index in [2.05, 4.69) is 0 Å². The maximum absolute atomic E-state index is 10.1. The number of hydrogen-bond acceptors (Lipinski definition) is 3. The van der Waals surface area contributed by atoms with Crippen LogP contribution >= 0.6 is 7.91 Å². The van der Waals surface area contributed by atoms with Crippen LogP contribution in [0.3, 0.4) is 0 Å². The Hall–Kier alpha value is 4.08. The van der Waals surface area contributed by atoms with E-state index in [1.165, 1.54) is 0 Å². The van der Waals surface area contributed by atoms with Gasteiger partial charge in [0.15, 0.2) is 0 Å². The molecule has 9 heavy (non-hydrogen) atoms. The standard InChI is InChI=1S/FH2O3P.4Na/c1-5(2,3)4;;;;/h(H2,2,3,4);;;;/q;4*+1/p-2. The quantitative estimate of drug-likeness (QED) is 0.281. The van der Waals surface area contributed by atoms with Crippen molar-refractivity contribution in [3.05, 3.63) is 0 Å². The van der Waals surface area contributed by atoms with Gasteiger partial charge in [-0.2, -0.15) is 0 Å². The maximum atomic E-state index is 10.1. The van der Waals surface area contributed by atoms with Crippen LogP contribution < -0.4 is 128 Å². The van der Waals surface area contributed by atoms with E-state index in [1.54, 1.807) is 0 Å². The Labute approximate surface area is 141 Å². The van der Waals surface area contributed by atoms with Crippen molar-refractivity contribution < 1.29 is 137 Å². The summed E-state index contributed by atoms with van der Waals surface area (Å²) in [4.78, 5) is 16.9. The molecule has 0 bridgehead atoms. The van der Waals surface area contributed by atoms with Crippen molar-refractivity contribution >= 4 is 7.91 Å². The molecule has 0 spiro atoms. The van der Waals surface area contributed by atoms with E-state index in [4.69, 9.17) is 14.4 Å². The van der Waals surface area contributed by atoms with E-state index in [0.717, 1.165) is 0 Å². The summed E-state index contributed by atoms with van der Waals surface area (Å²) in [6, 6.07) is 0. The summed E-state index contributed by atoms with van der Waals surface area (Å²) in [7, 11) is -5.64. The van der Waals surface area contributed by atoms with Crippen LogP contribution in [0, 0.1) is 0 Å². The average Bonchev–Trinajstić information content (AvgIpc) is 0.722. The van der Waals surface area contributed by atoms with Crippen molar-refractivity contribution in [3.8, 4) is 0 Å². The van der Waals surface area contributed by atoms with Crippen LogP contribution in [0.2, 0.25) is 0 Å². The maximum Gasteiger partial charge on any atom is 1.00 e. The van der Waals surface area contributed by atoms with Gasteiger partial charge in [-0.3, -0.25) is 0 Å². The van der Waals surface area contributed by atoms with Crippen LogP contribution in [0.15, 0.2) is 0 Å². The van der Waals surface area contributed by atoms with Gasteiger partial charge in [0.05, 0.1) is 0 Å². The normalized spacial score (nSPS) is 6.56. The van der Waals surface area contributed by atoms with Crippen LogP contribution in [-0.4, -0.2) is 0 Å². The van der Waals surface area contributed by atoms with Gasteiger partial charge >= 0.3 is 118 Å². The first-order valence-corrected chi connectivity index (χ1v) is 2.15. The summed E-state index contributed by atoms with van der Waals surface area (Å²) in [5.41, 5.74) is 0. The summed E-state index contributed by atoms with van der Waals surface area (Å²) in [5.74, 6) is 0. The fraction of sp³-hybridized carbons (Fsp3) is 0. The molecule has 0 saturated heterocycles. The molecule has 0 aromatic carbocycles. The molecule has 0 aliphatic heterocycles. The van der Waals surface area contributed by atoms with Crippen molar-refractivity contribution in [3.63, 3.8) is 0 Å². The molecule has 0 aliphatic carbocycles. The molecule has 0 atom stereocenters. The minimum absolute atomic E-state index is 0. The number of rotatable bonds is 0. The second-order valence-electron chi connectivity index (χ2n) is 0.431. The molecule has 0 saturated carbocycles. The van der Waals surface area contributed by atoms with E-state index < -0.39 is 7.91 Å². The molecule has 9 heteroatoms. The molecule has 0 aliphatic rings. The number of halogens is 1. The van der Waals surface area contributed by atoms with Crippen LogP contribution in [-0.2, 0) is 4.57 Å². The van der Waals surface area contributed by atoms with Gasteiger partial charge in [-0.15, -0.1) is 0 Å². The molecule has 0 fully saturated rings. The van der Waals surface area contributed by atoms with E-state index in [0.29, 0.717) is 0 Å². The van der Waals surface area contributed by atoms with Gasteiger partial charge < -0.3 is 14.4 Å². The molecule has 0 aromatic rings. The topological polar surface area (TPSA) is 63.2 Å². The second kappa shape index (κ2) is 14.6. The van der Waals surface area contributed by atoms with Crippen LogP contribution in [0.1, 0.15) is 0 Å². The van der Waals surface area contributed by atoms with E-state index in [-0.39, 0.29) is 118 Å². The second-order valence-corrected chi connectivity index (χ2v) is 1.29. The summed E-state index contributed by atoms with van der Waals surface area (Å²) in [5, 5.41) is 0. The zero-order chi connectivity index (χ0) is 4.50. The SMILES string of the molecule is O=P([O-])([O-])F.[Na+].[Na+].[Na+].[Na+]. The monoisotopic (exact) mass is 190 g/mol. The smallest absolute Gasteiger partial charge is 0.786 e. The van der Waals surface area contributed by atoms with Gasteiger partial charge in [0, 0.05) is 0 Å². The Morgan fingerprint density at radius 2 is 1.00 bits per heavy atom. The summed E-state index contributed by atoms with van der Waals surface area (Å²) < 4.78 is 18.6. The molecule has 0 rings (SSSR count). The van der Waals surface area contributed by atoms with Crippen molar-refractivity contribution in [1.29, 1.82) is 0 Å². The number of hydrogen-bond donors (Lipinski definition) is 0. The third kappa shape index (κ3) is 73.7. The van der Waals surface area contributed by atoms with Crippen molar-refractivity contribution in [2.45, 2.75) is 0 Å². The minimum Gasteiger partial charge on any atom is -0.786 e. The third-order valence-electron chi connectivity index (χ3n) is 0. The Balaban J connectivity index is -0.0000000133. The fourth-order valence-electron chi connectivity index (χ4n) is 0. The molecule has 3 nitrogen and oxygen atoms in total. The van der Waals surface area contributed by atoms with Gasteiger partial charge in [0.25, 0.3) is 0 Å². The van der Waals surface area contributed by atoms with E-state index in [9.17, 15) is 4.20 Å². The molecule has 0 heterocycles. The van der Waals surface area contributed by atoms with Crippen molar-refractivity contribution in [2.75, 3.05) is 0 Å². The molecule has 32 valence electrons. The van der Waals surface area contributed by atoms with Gasteiger partial charge in [-0.25, -0.2) is 4.20 Å². The molecule has 0 radical (unpaired) electrons. The van der Waals surface area contributed by atoms with Gasteiger partial charge in [0.2, 0.25) is 0 Å². The van der Waals surface area contributed by atoms with E-state index >= 15 is 0 Å². The minimum atomic E-state index is -5.64. The third-order valence-corrected chi connectivity index (χ3v) is 0. The zero-order valence-electron chi connectivity index (χ0n) is 6.05. The largest absolute Gasteiger partial charge is 1.00 e. The predicted molar refractivity (Wildman–Crippen MR) is 8.71 cm³/mol. The molecular formula is FNa4O3P+2. The van der Waals surface area contributed by atoms with E-state index in [1.807, 2.05) is 0 Å². The molecule has 0 N–H and O–H groups in total. The Kier molecular flexibility index (Phi) is 47.4. The van der Waals surface area contributed by atoms with Crippen LogP contribution in [0.4, 0.5) is 4.20 Å². The average molecular weight is 190 g/mol. The fourth-order valence-corrected chi connectivity index (χ4v) is 0. The van der Waals surface area contributed by atoms with Crippen LogP contribution in [0.25, 0.3) is 0 Å². The Bertz CT molecular complexity index is 61.9. The molecular weight excluding hydrogens is 190 g/mol. The van der Waals surface area contributed by atoms with Crippen LogP contribution in [0.5, 0.6) is 0 Å². The molecule has 0 unspecified atom stereocenters. The van der Waals surface area contributed by atoms with Gasteiger partial charge in [0.1, 0.15) is 7.91 Å². The van der Waals surface area contributed by atoms with Gasteiger partial charge in [-0.05, 0) is 0 Å². The molecule has 0 aromatic heterocycles. The van der Waals surface area contributed by atoms with Gasteiger partial charge in [-0.1, -0.05) is 0 Å². The first-order valence-electron chi connectivity index (χ1n) is 0.717. The zero-order valence-corrected chi connectivity index (χ0v) is 14.9. The summed E-state index contributed by atoms with van der Waals surface area (Å²) in [6.45, 7) is 0. The molecule has 0 amide bonds.